The van der Waals surface area contributed by atoms with Crippen molar-refractivity contribution in [1.29, 1.82) is 5.26 Å². The maximum Gasteiger partial charge on any atom is 0.636 e. The monoisotopic (exact) mass is 258 g/mol. The first-order valence-corrected chi connectivity index (χ1v) is 5.45. The average Bonchev–Trinajstić information content (AvgIpc) is 2.36. The second-order valence-electron chi connectivity index (χ2n) is 3.91. The van der Waals surface area contributed by atoms with Crippen molar-refractivity contribution in [1.82, 2.24) is 4.90 Å². The van der Waals surface area contributed by atoms with E-state index in [0.29, 0.717) is 11.0 Å². The minimum absolute atomic E-state index is 0.362. The van der Waals surface area contributed by atoms with Gasteiger partial charge in [-0.05, 0) is 12.1 Å². The molecule has 0 saturated heterocycles. The molecule has 0 aliphatic carbocycles. The van der Waals surface area contributed by atoms with Gasteiger partial charge >= 0.3 is 7.12 Å². The van der Waals surface area contributed by atoms with E-state index in [1.54, 1.807) is 31.3 Å². The molecule has 0 amide bonds. The molecule has 1 heterocycles. The third-order valence-electron chi connectivity index (χ3n) is 2.37. The van der Waals surface area contributed by atoms with Gasteiger partial charge in [-0.25, -0.2) is 0 Å². The Morgan fingerprint density at radius 3 is 2.42 bits per heavy atom. The van der Waals surface area contributed by atoms with E-state index in [1.165, 1.54) is 17.3 Å². The fourth-order valence-electron chi connectivity index (χ4n) is 1.58. The Balaban J connectivity index is 2.31. The van der Waals surface area contributed by atoms with E-state index in [-0.39, 0.29) is 11.9 Å². The summed E-state index contributed by atoms with van der Waals surface area (Å²) in [4.78, 5) is 1.38. The van der Waals surface area contributed by atoms with E-state index in [1.807, 2.05) is 6.07 Å². The summed E-state index contributed by atoms with van der Waals surface area (Å²) in [5.74, 6) is -0.725. The Kier molecular flexibility index (Phi) is 3.52. The van der Waals surface area contributed by atoms with E-state index >= 15 is 0 Å². The fourth-order valence-corrected chi connectivity index (χ4v) is 1.58. The van der Waals surface area contributed by atoms with Gasteiger partial charge in [-0.2, -0.15) is 5.26 Å². The van der Waals surface area contributed by atoms with E-state index in [2.05, 4.69) is 0 Å². The number of aliphatic hydroxyl groups excluding tert-OH is 2. The van der Waals surface area contributed by atoms with Crippen LogP contribution in [0.3, 0.4) is 0 Å². The van der Waals surface area contributed by atoms with Crippen LogP contribution in [0.5, 0.6) is 0 Å². The van der Waals surface area contributed by atoms with Crippen LogP contribution in [0.25, 0.3) is 0 Å². The highest BCUT2D eigenvalue weighted by atomic mass is 16.7. The summed E-state index contributed by atoms with van der Waals surface area (Å²) in [5.41, 5.74) is 0.930. The summed E-state index contributed by atoms with van der Waals surface area (Å²) >= 11 is 0. The zero-order chi connectivity index (χ0) is 13.8. The molecule has 1 aliphatic rings. The van der Waals surface area contributed by atoms with Crippen molar-refractivity contribution in [3.8, 4) is 6.07 Å². The van der Waals surface area contributed by atoms with Crippen LogP contribution in [0.15, 0.2) is 48.6 Å². The Morgan fingerprint density at radius 1 is 1.21 bits per heavy atom. The highest BCUT2D eigenvalue weighted by Crippen LogP contribution is 2.10. The van der Waals surface area contributed by atoms with Gasteiger partial charge in [-0.3, -0.25) is 0 Å². The number of aliphatic hydroxyl groups is 2. The molecule has 96 valence electrons. The number of rotatable bonds is 1. The minimum Gasteiger partial charge on any atom is -0.494 e. The maximum atomic E-state index is 9.57. The first-order valence-electron chi connectivity index (χ1n) is 5.45. The van der Waals surface area contributed by atoms with Crippen LogP contribution in [0.4, 0.5) is 0 Å². The molecule has 19 heavy (non-hydrogen) atoms. The first-order chi connectivity index (χ1) is 9.08. The number of hydrogen-bond donors (Lipinski definition) is 2. The Labute approximate surface area is 110 Å². The number of benzene rings is 1. The lowest BCUT2D eigenvalue weighted by Crippen LogP contribution is -2.38. The van der Waals surface area contributed by atoms with Crippen molar-refractivity contribution >= 4 is 12.6 Å². The third kappa shape index (κ3) is 3.13. The van der Waals surface area contributed by atoms with Crippen molar-refractivity contribution < 1.29 is 19.5 Å². The summed E-state index contributed by atoms with van der Waals surface area (Å²) in [6, 6.07) is 8.50. The third-order valence-corrected chi connectivity index (χ3v) is 2.37. The molecule has 0 bridgehead atoms. The Bertz CT molecular complexity index is 557. The van der Waals surface area contributed by atoms with Crippen molar-refractivity contribution in [2.45, 2.75) is 0 Å². The van der Waals surface area contributed by atoms with Crippen LogP contribution in [0, 0.1) is 11.3 Å². The Morgan fingerprint density at radius 2 is 1.84 bits per heavy atom. The lowest BCUT2D eigenvalue weighted by atomic mass is 9.78. The molecular weight excluding hydrogens is 247 g/mol. The zero-order valence-corrected chi connectivity index (χ0v) is 10.1. The molecule has 1 aromatic rings. The smallest absolute Gasteiger partial charge is 0.494 e. The molecule has 0 saturated carbocycles. The molecule has 0 fully saturated rings. The molecule has 2 rings (SSSR count). The zero-order valence-electron chi connectivity index (χ0n) is 10.1. The fraction of sp³-hybridized carbons (Fsp3) is 0.0833. The highest BCUT2D eigenvalue weighted by Gasteiger charge is 2.29. The average molecular weight is 258 g/mol. The van der Waals surface area contributed by atoms with Crippen molar-refractivity contribution in [2.24, 2.45) is 0 Å². The number of hydrogen-bond acceptors (Lipinski definition) is 6. The van der Waals surface area contributed by atoms with Gasteiger partial charge in [0.05, 0.1) is 24.0 Å². The van der Waals surface area contributed by atoms with Gasteiger partial charge in [-0.15, -0.1) is 0 Å². The van der Waals surface area contributed by atoms with Gasteiger partial charge in [0, 0.05) is 12.5 Å². The molecule has 0 radical (unpaired) electrons. The Hall–Kier alpha value is -2.75. The summed E-state index contributed by atoms with van der Waals surface area (Å²) in [5, 5.41) is 28.0. The molecule has 2 N–H and O–H groups in total. The molecule has 0 aromatic heterocycles. The standard InChI is InChI=1S/C12H11BN2O4/c1-15-7-11(16)18-13(19-12(17)8-15)10-4-2-3-9(5-10)6-14/h2-5,7-8,16-17H,1H3/b11-7-,12-8-. The van der Waals surface area contributed by atoms with Gasteiger partial charge in [0.2, 0.25) is 0 Å². The van der Waals surface area contributed by atoms with Crippen LogP contribution in [-0.2, 0) is 9.31 Å². The minimum atomic E-state index is -1.03. The van der Waals surface area contributed by atoms with E-state index in [4.69, 9.17) is 14.6 Å². The quantitative estimate of drug-likeness (QED) is 0.729. The predicted molar refractivity (Wildman–Crippen MR) is 67.9 cm³/mol. The lowest BCUT2D eigenvalue weighted by Gasteiger charge is -2.20. The van der Waals surface area contributed by atoms with Gasteiger partial charge in [0.25, 0.3) is 11.9 Å². The van der Waals surface area contributed by atoms with Crippen LogP contribution >= 0.6 is 0 Å². The molecule has 0 spiro atoms. The van der Waals surface area contributed by atoms with E-state index in [9.17, 15) is 10.2 Å². The number of nitrogens with zero attached hydrogens (tertiary/aromatic N) is 2. The molecule has 1 aliphatic heterocycles. The summed E-state index contributed by atoms with van der Waals surface area (Å²) < 4.78 is 10.3. The molecule has 0 unspecified atom stereocenters. The van der Waals surface area contributed by atoms with Gasteiger partial charge in [0.15, 0.2) is 0 Å². The molecule has 6 nitrogen and oxygen atoms in total. The van der Waals surface area contributed by atoms with E-state index < -0.39 is 7.12 Å². The van der Waals surface area contributed by atoms with Crippen molar-refractivity contribution in [3.63, 3.8) is 0 Å². The van der Waals surface area contributed by atoms with Gasteiger partial charge in [-0.1, -0.05) is 12.1 Å². The SMILES string of the molecule is CN1/C=C(/O)OB(c2cccc(C#N)c2)O/C(O)=C\1. The van der Waals surface area contributed by atoms with Gasteiger partial charge in [0.1, 0.15) is 0 Å². The maximum absolute atomic E-state index is 9.57. The molecule has 0 atom stereocenters. The van der Waals surface area contributed by atoms with Crippen molar-refractivity contribution in [3.05, 3.63) is 54.1 Å². The molecular formula is C12H11BN2O4. The second kappa shape index (κ2) is 5.27. The van der Waals surface area contributed by atoms with E-state index in [0.717, 1.165) is 0 Å². The second-order valence-corrected chi connectivity index (χ2v) is 3.91. The summed E-state index contributed by atoms with van der Waals surface area (Å²) in [6.07, 6.45) is 2.56. The normalized spacial score (nSPS) is 20.6. The summed E-state index contributed by atoms with van der Waals surface area (Å²) in [7, 11) is 0.560. The predicted octanol–water partition coefficient (Wildman–Crippen LogP) is 0.946. The van der Waals surface area contributed by atoms with Crippen LogP contribution in [0.2, 0.25) is 0 Å². The first kappa shape index (κ1) is 12.7. The van der Waals surface area contributed by atoms with Crippen LogP contribution in [0.1, 0.15) is 5.56 Å². The number of nitriles is 1. The van der Waals surface area contributed by atoms with Crippen molar-refractivity contribution in [2.75, 3.05) is 7.05 Å². The van der Waals surface area contributed by atoms with Crippen LogP contribution < -0.4 is 5.46 Å². The molecule has 1 aromatic carbocycles. The largest absolute Gasteiger partial charge is 0.636 e. The van der Waals surface area contributed by atoms with Gasteiger partial charge < -0.3 is 24.4 Å². The topological polar surface area (TPSA) is 86.0 Å². The lowest BCUT2D eigenvalue weighted by molar-refractivity contribution is 0.124. The summed E-state index contributed by atoms with van der Waals surface area (Å²) in [6.45, 7) is 0. The molecule has 7 heteroatoms. The van der Waals surface area contributed by atoms with Crippen LogP contribution in [-0.4, -0.2) is 29.3 Å². The highest BCUT2D eigenvalue weighted by molar-refractivity contribution is 6.61.